The van der Waals surface area contributed by atoms with E-state index in [1.165, 1.54) is 23.8 Å². The number of hydrogen-bond acceptors (Lipinski definition) is 6. The fourth-order valence-electron chi connectivity index (χ4n) is 1.80. The highest BCUT2D eigenvalue weighted by Crippen LogP contribution is 2.22. The number of ketones is 1. The van der Waals surface area contributed by atoms with E-state index in [4.69, 9.17) is 0 Å². The molecule has 0 radical (unpaired) electrons. The Morgan fingerprint density at radius 1 is 1.41 bits per heavy atom. The molecule has 2 rings (SSSR count). The zero-order chi connectivity index (χ0) is 16.3. The van der Waals surface area contributed by atoms with Gasteiger partial charge in [0.1, 0.15) is 0 Å². The number of aromatic amines is 1. The number of thiazole rings is 1. The second kappa shape index (κ2) is 6.48. The minimum absolute atomic E-state index is 0.0416. The lowest BCUT2D eigenvalue weighted by atomic mass is 10.3. The smallest absolute Gasteiger partial charge is 0.302 e. The van der Waals surface area contributed by atoms with Crippen molar-refractivity contribution in [2.45, 2.75) is 26.8 Å². The fourth-order valence-corrected chi connectivity index (χ4v) is 2.68. The van der Waals surface area contributed by atoms with Crippen molar-refractivity contribution in [1.82, 2.24) is 14.5 Å². The number of carbonyl (C=O) groups excluding carboxylic acids is 2. The van der Waals surface area contributed by atoms with Gasteiger partial charge in [0.05, 0.1) is 10.6 Å². The lowest BCUT2D eigenvalue weighted by molar-refractivity contribution is -0.116. The predicted octanol–water partition coefficient (Wildman–Crippen LogP) is 0.533. The minimum atomic E-state index is -0.566. The van der Waals surface area contributed by atoms with E-state index in [1.54, 1.807) is 6.92 Å². The quantitative estimate of drug-likeness (QED) is 0.780. The summed E-state index contributed by atoms with van der Waals surface area (Å²) in [6.07, 6.45) is 1.37. The number of aromatic nitrogens is 3. The Bertz CT molecular complexity index is 833. The monoisotopic (exact) mass is 322 g/mol. The van der Waals surface area contributed by atoms with Crippen molar-refractivity contribution in [3.05, 3.63) is 43.7 Å². The molecule has 1 amide bonds. The van der Waals surface area contributed by atoms with E-state index in [0.717, 1.165) is 11.3 Å². The summed E-state index contributed by atoms with van der Waals surface area (Å²) in [5.41, 5.74) is -0.477. The van der Waals surface area contributed by atoms with E-state index in [2.05, 4.69) is 15.3 Å². The van der Waals surface area contributed by atoms with Crippen LogP contribution < -0.4 is 16.6 Å². The van der Waals surface area contributed by atoms with Gasteiger partial charge in [-0.2, -0.15) is 0 Å². The first-order chi connectivity index (χ1) is 10.4. The first kappa shape index (κ1) is 15.8. The number of Topliss-reactive ketones (excluding diaryl/α,β-unsaturated/α-hetero) is 1. The van der Waals surface area contributed by atoms with Gasteiger partial charge in [-0.1, -0.05) is 11.3 Å². The van der Waals surface area contributed by atoms with Gasteiger partial charge in [-0.3, -0.25) is 19.4 Å². The molecule has 2 heterocycles. The molecular weight excluding hydrogens is 308 g/mol. The standard InChI is InChI=1S/C13H14N4O4S/c1-7-11(8(2)18)22-12(14-7)15-9(19)3-5-17-6-4-10(20)16-13(17)21/h4,6H,3,5H2,1-2H3,(H,14,15,19)(H,16,20,21). The molecule has 0 aliphatic heterocycles. The lowest BCUT2D eigenvalue weighted by Crippen LogP contribution is -2.29. The van der Waals surface area contributed by atoms with Crippen molar-refractivity contribution in [2.75, 3.05) is 5.32 Å². The number of carbonyl (C=O) groups is 2. The molecular formula is C13H14N4O4S. The van der Waals surface area contributed by atoms with E-state index in [-0.39, 0.29) is 24.7 Å². The number of aryl methyl sites for hydroxylation is 2. The van der Waals surface area contributed by atoms with Gasteiger partial charge in [0.2, 0.25) is 5.91 Å². The molecule has 22 heavy (non-hydrogen) atoms. The van der Waals surface area contributed by atoms with Crippen molar-refractivity contribution < 1.29 is 9.59 Å². The largest absolute Gasteiger partial charge is 0.328 e. The van der Waals surface area contributed by atoms with Crippen molar-refractivity contribution in [3.63, 3.8) is 0 Å². The molecule has 0 bridgehead atoms. The topological polar surface area (TPSA) is 114 Å². The van der Waals surface area contributed by atoms with Crippen LogP contribution in [0.15, 0.2) is 21.9 Å². The summed E-state index contributed by atoms with van der Waals surface area (Å²) in [5, 5.41) is 2.94. The molecule has 8 nitrogen and oxygen atoms in total. The summed E-state index contributed by atoms with van der Waals surface area (Å²) in [6, 6.07) is 1.21. The molecule has 0 fully saturated rings. The third-order valence-electron chi connectivity index (χ3n) is 2.84. The normalized spacial score (nSPS) is 10.5. The van der Waals surface area contributed by atoms with E-state index in [1.807, 2.05) is 0 Å². The van der Waals surface area contributed by atoms with Gasteiger partial charge in [-0.15, -0.1) is 0 Å². The van der Waals surface area contributed by atoms with Crippen LogP contribution in [0.25, 0.3) is 0 Å². The van der Waals surface area contributed by atoms with Crippen LogP contribution in [0.2, 0.25) is 0 Å². The van der Waals surface area contributed by atoms with Crippen molar-refractivity contribution in [2.24, 2.45) is 0 Å². The zero-order valence-corrected chi connectivity index (χ0v) is 12.8. The molecule has 9 heteroatoms. The molecule has 0 aromatic carbocycles. The Labute approximate surface area is 128 Å². The second-order valence-corrected chi connectivity index (χ2v) is 5.59. The van der Waals surface area contributed by atoms with Crippen molar-refractivity contribution in [3.8, 4) is 0 Å². The summed E-state index contributed by atoms with van der Waals surface area (Å²) >= 11 is 1.11. The van der Waals surface area contributed by atoms with Crippen LogP contribution in [0.1, 0.15) is 28.7 Å². The molecule has 2 N–H and O–H groups in total. The van der Waals surface area contributed by atoms with Crippen LogP contribution in [-0.4, -0.2) is 26.2 Å². The Morgan fingerprint density at radius 2 is 2.14 bits per heavy atom. The SMILES string of the molecule is CC(=O)c1sc(NC(=O)CCn2ccc(=O)[nH]c2=O)nc1C. The number of nitrogens with one attached hydrogen (secondary N) is 2. The highest BCUT2D eigenvalue weighted by atomic mass is 32.1. The average Bonchev–Trinajstić information content (AvgIpc) is 2.78. The van der Waals surface area contributed by atoms with Crippen LogP contribution in [0.4, 0.5) is 5.13 Å². The maximum Gasteiger partial charge on any atom is 0.328 e. The predicted molar refractivity (Wildman–Crippen MR) is 81.4 cm³/mol. The average molecular weight is 322 g/mol. The molecule has 0 saturated heterocycles. The van der Waals surface area contributed by atoms with Crippen LogP contribution >= 0.6 is 11.3 Å². The van der Waals surface area contributed by atoms with E-state index >= 15 is 0 Å². The zero-order valence-electron chi connectivity index (χ0n) is 12.0. The highest BCUT2D eigenvalue weighted by molar-refractivity contribution is 7.17. The molecule has 0 aliphatic rings. The van der Waals surface area contributed by atoms with E-state index < -0.39 is 11.2 Å². The van der Waals surface area contributed by atoms with Gasteiger partial charge in [0.15, 0.2) is 10.9 Å². The third kappa shape index (κ3) is 3.76. The summed E-state index contributed by atoms with van der Waals surface area (Å²) in [6.45, 7) is 3.27. The summed E-state index contributed by atoms with van der Waals surface area (Å²) in [7, 11) is 0. The Balaban J connectivity index is 1.98. The van der Waals surface area contributed by atoms with Crippen LogP contribution in [0.3, 0.4) is 0 Å². The molecule has 0 aliphatic carbocycles. The second-order valence-electron chi connectivity index (χ2n) is 4.59. The first-order valence-electron chi connectivity index (χ1n) is 6.45. The Morgan fingerprint density at radius 3 is 2.73 bits per heavy atom. The van der Waals surface area contributed by atoms with Crippen molar-refractivity contribution >= 4 is 28.2 Å². The Kier molecular flexibility index (Phi) is 4.66. The molecule has 116 valence electrons. The van der Waals surface area contributed by atoms with Crippen LogP contribution in [0, 0.1) is 6.92 Å². The van der Waals surface area contributed by atoms with Gasteiger partial charge in [-0.05, 0) is 6.92 Å². The maximum absolute atomic E-state index is 11.8. The van der Waals surface area contributed by atoms with Crippen molar-refractivity contribution in [1.29, 1.82) is 0 Å². The van der Waals surface area contributed by atoms with E-state index in [9.17, 15) is 19.2 Å². The fraction of sp³-hybridized carbons (Fsp3) is 0.308. The lowest BCUT2D eigenvalue weighted by Gasteiger charge is -2.04. The molecule has 0 saturated carbocycles. The molecule has 0 atom stereocenters. The van der Waals surface area contributed by atoms with E-state index in [0.29, 0.717) is 15.7 Å². The first-order valence-corrected chi connectivity index (χ1v) is 7.26. The molecule has 0 spiro atoms. The molecule has 2 aromatic rings. The van der Waals surface area contributed by atoms with Crippen LogP contribution in [0.5, 0.6) is 0 Å². The highest BCUT2D eigenvalue weighted by Gasteiger charge is 2.13. The van der Waals surface area contributed by atoms with Gasteiger partial charge in [0, 0.05) is 32.2 Å². The van der Waals surface area contributed by atoms with Gasteiger partial charge < -0.3 is 9.88 Å². The number of nitrogens with zero attached hydrogens (tertiary/aromatic N) is 2. The molecule has 2 aromatic heterocycles. The number of anilines is 1. The Hall–Kier alpha value is -2.55. The summed E-state index contributed by atoms with van der Waals surface area (Å²) in [5.74, 6) is -0.433. The maximum atomic E-state index is 11.8. The number of hydrogen-bond donors (Lipinski definition) is 2. The number of amides is 1. The number of rotatable bonds is 5. The number of H-pyrrole nitrogens is 1. The van der Waals surface area contributed by atoms with Gasteiger partial charge >= 0.3 is 5.69 Å². The molecule has 0 unspecified atom stereocenters. The van der Waals surface area contributed by atoms with Gasteiger partial charge in [0.25, 0.3) is 5.56 Å². The minimum Gasteiger partial charge on any atom is -0.302 e. The van der Waals surface area contributed by atoms with Gasteiger partial charge in [-0.25, -0.2) is 9.78 Å². The third-order valence-corrected chi connectivity index (χ3v) is 4.01. The summed E-state index contributed by atoms with van der Waals surface area (Å²) < 4.78 is 1.23. The summed E-state index contributed by atoms with van der Waals surface area (Å²) in [4.78, 5) is 52.3. The van der Waals surface area contributed by atoms with Crippen LogP contribution in [-0.2, 0) is 11.3 Å².